The predicted octanol–water partition coefficient (Wildman–Crippen LogP) is 2.30. The molecule has 4 heterocycles. The highest BCUT2D eigenvalue weighted by atomic mass is 16.5. The molecule has 3 aromatic heterocycles. The van der Waals surface area contributed by atoms with Gasteiger partial charge < -0.3 is 14.5 Å². The highest BCUT2D eigenvalue weighted by Gasteiger charge is 2.30. The summed E-state index contributed by atoms with van der Waals surface area (Å²) in [7, 11) is 0. The largest absolute Gasteiger partial charge is 0.455 e. The van der Waals surface area contributed by atoms with Gasteiger partial charge in [-0.25, -0.2) is 9.97 Å². The maximum absolute atomic E-state index is 12.7. The molecule has 1 aliphatic heterocycles. The summed E-state index contributed by atoms with van der Waals surface area (Å²) in [6.45, 7) is 3.72. The highest BCUT2D eigenvalue weighted by Crippen LogP contribution is 2.38. The Bertz CT molecular complexity index is 1030. The van der Waals surface area contributed by atoms with Gasteiger partial charge >= 0.3 is 0 Å². The third kappa shape index (κ3) is 3.44. The second-order valence-electron chi connectivity index (χ2n) is 7.56. The average Bonchev–Trinajstić information content (AvgIpc) is 3.45. The van der Waals surface area contributed by atoms with Crippen molar-refractivity contribution in [3.63, 3.8) is 0 Å². The van der Waals surface area contributed by atoms with Crippen molar-refractivity contribution >= 4 is 5.91 Å². The van der Waals surface area contributed by atoms with Crippen molar-refractivity contribution in [1.82, 2.24) is 25.1 Å². The number of amides is 1. The molecule has 0 saturated carbocycles. The molecule has 150 valence electrons. The van der Waals surface area contributed by atoms with Crippen molar-refractivity contribution in [2.75, 3.05) is 13.2 Å². The molecule has 1 N–H and O–H groups in total. The number of rotatable bonds is 5. The standard InChI is InChI=1S/C21H23N5O3/c1-13-18-16(29-20(13)21(27)24-10-15-4-2-9-28-15)6-5-14-11-26(25-19(14)18)12-17-22-7-3-8-23-17/h3,7-8,11,15H,2,4-6,9-10,12H2,1H3,(H,24,27)/t15-/m0/s1. The van der Waals surface area contributed by atoms with Crippen LogP contribution in [0.3, 0.4) is 0 Å². The number of carbonyl (C=O) groups is 1. The molecule has 0 radical (unpaired) electrons. The predicted molar refractivity (Wildman–Crippen MR) is 105 cm³/mol. The van der Waals surface area contributed by atoms with Gasteiger partial charge in [-0.2, -0.15) is 5.10 Å². The zero-order valence-electron chi connectivity index (χ0n) is 16.4. The van der Waals surface area contributed by atoms with Gasteiger partial charge in [-0.1, -0.05) is 0 Å². The topological polar surface area (TPSA) is 95.1 Å². The van der Waals surface area contributed by atoms with Crippen LogP contribution in [0.15, 0.2) is 29.1 Å². The Labute approximate surface area is 168 Å². The monoisotopic (exact) mass is 393 g/mol. The first-order valence-electron chi connectivity index (χ1n) is 10.0. The van der Waals surface area contributed by atoms with Gasteiger partial charge in [0.2, 0.25) is 0 Å². The molecule has 0 spiro atoms. The zero-order valence-corrected chi connectivity index (χ0v) is 16.4. The fraction of sp³-hybridized carbons (Fsp3) is 0.429. The lowest BCUT2D eigenvalue weighted by Crippen LogP contribution is -2.31. The first-order valence-corrected chi connectivity index (χ1v) is 10.0. The number of nitrogens with zero attached hydrogens (tertiary/aromatic N) is 4. The molecule has 1 saturated heterocycles. The van der Waals surface area contributed by atoms with Gasteiger partial charge in [0.25, 0.3) is 5.91 Å². The van der Waals surface area contributed by atoms with Gasteiger partial charge in [0.1, 0.15) is 18.1 Å². The van der Waals surface area contributed by atoms with E-state index in [0.717, 1.165) is 60.4 Å². The van der Waals surface area contributed by atoms with Crippen molar-refractivity contribution in [3.05, 3.63) is 53.1 Å². The summed E-state index contributed by atoms with van der Waals surface area (Å²) in [6, 6.07) is 1.80. The number of hydrogen-bond donors (Lipinski definition) is 1. The second kappa shape index (κ2) is 7.44. The molecule has 0 bridgehead atoms. The van der Waals surface area contributed by atoms with Crippen molar-refractivity contribution in [2.24, 2.45) is 0 Å². The number of aryl methyl sites for hydroxylation is 2. The van der Waals surface area contributed by atoms with Crippen LogP contribution in [0.5, 0.6) is 0 Å². The maximum atomic E-state index is 12.7. The van der Waals surface area contributed by atoms with Crippen LogP contribution < -0.4 is 5.32 Å². The summed E-state index contributed by atoms with van der Waals surface area (Å²) >= 11 is 0. The Hall–Kier alpha value is -3.00. The zero-order chi connectivity index (χ0) is 19.8. The van der Waals surface area contributed by atoms with E-state index in [2.05, 4.69) is 15.3 Å². The lowest BCUT2D eigenvalue weighted by atomic mass is 9.93. The lowest BCUT2D eigenvalue weighted by molar-refractivity contribution is 0.0833. The van der Waals surface area contributed by atoms with E-state index in [9.17, 15) is 4.79 Å². The van der Waals surface area contributed by atoms with E-state index >= 15 is 0 Å². The van der Waals surface area contributed by atoms with E-state index in [1.54, 1.807) is 18.5 Å². The molecular formula is C21H23N5O3. The Morgan fingerprint density at radius 1 is 1.31 bits per heavy atom. The third-order valence-corrected chi connectivity index (χ3v) is 5.56. The molecule has 8 nitrogen and oxygen atoms in total. The molecule has 3 aromatic rings. The summed E-state index contributed by atoms with van der Waals surface area (Å²) in [5.41, 5.74) is 3.83. The number of ether oxygens (including phenoxy) is 1. The quantitative estimate of drug-likeness (QED) is 0.715. The van der Waals surface area contributed by atoms with Crippen molar-refractivity contribution < 1.29 is 13.9 Å². The number of nitrogens with one attached hydrogen (secondary N) is 1. The Morgan fingerprint density at radius 3 is 2.97 bits per heavy atom. The van der Waals surface area contributed by atoms with Gasteiger partial charge in [0, 0.05) is 49.3 Å². The molecule has 8 heteroatoms. The van der Waals surface area contributed by atoms with Crippen molar-refractivity contribution in [1.29, 1.82) is 0 Å². The number of aromatic nitrogens is 4. The fourth-order valence-corrected chi connectivity index (χ4v) is 4.11. The first kappa shape index (κ1) is 18.1. The van der Waals surface area contributed by atoms with Crippen LogP contribution in [0.2, 0.25) is 0 Å². The SMILES string of the molecule is Cc1c(C(=O)NC[C@@H]2CCCO2)oc2c1-c1nn(Cc3ncccn3)cc1CC2. The number of hydrogen-bond acceptors (Lipinski definition) is 6. The smallest absolute Gasteiger partial charge is 0.287 e. The van der Waals surface area contributed by atoms with Crippen LogP contribution in [0, 0.1) is 6.92 Å². The van der Waals surface area contributed by atoms with Gasteiger partial charge in [-0.15, -0.1) is 0 Å². The highest BCUT2D eigenvalue weighted by molar-refractivity contribution is 5.95. The van der Waals surface area contributed by atoms with E-state index in [0.29, 0.717) is 24.7 Å². The molecule has 1 atom stereocenters. The summed E-state index contributed by atoms with van der Waals surface area (Å²) in [5.74, 6) is 1.73. The minimum absolute atomic E-state index is 0.103. The summed E-state index contributed by atoms with van der Waals surface area (Å²) in [5, 5.41) is 7.71. The summed E-state index contributed by atoms with van der Waals surface area (Å²) in [4.78, 5) is 21.2. The van der Waals surface area contributed by atoms with Gasteiger partial charge in [-0.05, 0) is 37.8 Å². The number of furan rings is 1. The molecule has 0 unspecified atom stereocenters. The van der Waals surface area contributed by atoms with Crippen LogP contribution in [-0.4, -0.2) is 44.9 Å². The molecule has 2 aliphatic rings. The Balaban J connectivity index is 1.38. The van der Waals surface area contributed by atoms with Crippen LogP contribution >= 0.6 is 0 Å². The summed E-state index contributed by atoms with van der Waals surface area (Å²) in [6.07, 6.45) is 9.23. The van der Waals surface area contributed by atoms with E-state index in [-0.39, 0.29) is 12.0 Å². The molecule has 5 rings (SSSR count). The van der Waals surface area contributed by atoms with E-state index < -0.39 is 0 Å². The second-order valence-corrected chi connectivity index (χ2v) is 7.56. The van der Waals surface area contributed by atoms with Gasteiger partial charge in [0.05, 0.1) is 11.8 Å². The average molecular weight is 393 g/mol. The molecule has 0 aromatic carbocycles. The molecule has 1 amide bonds. The molecule has 1 fully saturated rings. The fourth-order valence-electron chi connectivity index (χ4n) is 4.11. The minimum Gasteiger partial charge on any atom is -0.455 e. The molecule has 1 aliphatic carbocycles. The molecular weight excluding hydrogens is 370 g/mol. The van der Waals surface area contributed by atoms with Crippen LogP contribution in [-0.2, 0) is 24.1 Å². The summed E-state index contributed by atoms with van der Waals surface area (Å²) < 4.78 is 13.4. The van der Waals surface area contributed by atoms with Crippen LogP contribution in [0.25, 0.3) is 11.3 Å². The van der Waals surface area contributed by atoms with E-state index in [4.69, 9.17) is 14.3 Å². The van der Waals surface area contributed by atoms with Crippen LogP contribution in [0.4, 0.5) is 0 Å². The van der Waals surface area contributed by atoms with E-state index in [1.807, 2.05) is 17.8 Å². The normalized spacial score (nSPS) is 17.8. The maximum Gasteiger partial charge on any atom is 0.287 e. The Kier molecular flexibility index (Phi) is 4.63. The van der Waals surface area contributed by atoms with Gasteiger partial charge in [0.15, 0.2) is 5.76 Å². The van der Waals surface area contributed by atoms with E-state index in [1.165, 1.54) is 0 Å². The molecule has 29 heavy (non-hydrogen) atoms. The van der Waals surface area contributed by atoms with Gasteiger partial charge in [-0.3, -0.25) is 9.48 Å². The van der Waals surface area contributed by atoms with Crippen molar-refractivity contribution in [3.8, 4) is 11.3 Å². The van der Waals surface area contributed by atoms with Crippen molar-refractivity contribution in [2.45, 2.75) is 45.3 Å². The third-order valence-electron chi connectivity index (χ3n) is 5.56. The lowest BCUT2D eigenvalue weighted by Gasteiger charge is -2.10. The minimum atomic E-state index is -0.189. The van der Waals surface area contributed by atoms with Crippen LogP contribution in [0.1, 0.15) is 46.1 Å². The first-order chi connectivity index (χ1) is 14.2. The number of fused-ring (bicyclic) bond motifs is 3. The Morgan fingerprint density at radius 2 is 2.17 bits per heavy atom. The number of carbonyl (C=O) groups excluding carboxylic acids is 1.